The Balaban J connectivity index is 2.01. The molecule has 0 fully saturated rings. The second kappa shape index (κ2) is 6.69. The van der Waals surface area contributed by atoms with Crippen molar-refractivity contribution in [3.63, 3.8) is 0 Å². The lowest BCUT2D eigenvalue weighted by molar-refractivity contribution is 0.585. The first-order valence-corrected chi connectivity index (χ1v) is 7.92. The van der Waals surface area contributed by atoms with Gasteiger partial charge in [-0.25, -0.2) is 4.39 Å². The summed E-state index contributed by atoms with van der Waals surface area (Å²) in [6.45, 7) is 0. The van der Waals surface area contributed by atoms with E-state index < -0.39 is 0 Å². The zero-order chi connectivity index (χ0) is 13.0. The zero-order valence-corrected chi connectivity index (χ0v) is 12.9. The van der Waals surface area contributed by atoms with E-state index in [4.69, 9.17) is 11.6 Å². The Morgan fingerprint density at radius 1 is 1.17 bits per heavy atom. The van der Waals surface area contributed by atoms with E-state index in [0.29, 0.717) is 11.8 Å². The lowest BCUT2D eigenvalue weighted by Crippen LogP contribution is -2.09. The molecule has 1 unspecified atom stereocenters. The zero-order valence-electron chi connectivity index (χ0n) is 9.70. The number of halogens is 3. The maximum Gasteiger partial charge on any atom is 0.123 e. The summed E-state index contributed by atoms with van der Waals surface area (Å²) in [5.41, 5.74) is 1.13. The molecular formula is C14H13BrClFS. The van der Waals surface area contributed by atoms with Crippen LogP contribution in [-0.2, 0) is 12.8 Å². The molecule has 2 aromatic rings. The molecule has 0 amide bonds. The van der Waals surface area contributed by atoms with Crippen molar-refractivity contribution in [2.24, 2.45) is 5.92 Å². The molecule has 96 valence electrons. The van der Waals surface area contributed by atoms with Crippen molar-refractivity contribution in [2.45, 2.75) is 12.8 Å². The molecule has 0 N–H and O–H groups in total. The first kappa shape index (κ1) is 14.0. The number of hydrogen-bond acceptors (Lipinski definition) is 1. The average molecular weight is 348 g/mol. The Labute approximate surface area is 124 Å². The molecule has 0 saturated carbocycles. The van der Waals surface area contributed by atoms with Crippen LogP contribution in [0.25, 0.3) is 0 Å². The molecule has 0 saturated heterocycles. The van der Waals surface area contributed by atoms with Crippen LogP contribution in [0.3, 0.4) is 0 Å². The van der Waals surface area contributed by atoms with Crippen molar-refractivity contribution < 1.29 is 4.39 Å². The summed E-state index contributed by atoms with van der Waals surface area (Å²) >= 11 is 11.3. The fourth-order valence-electron chi connectivity index (χ4n) is 1.87. The van der Waals surface area contributed by atoms with Gasteiger partial charge in [-0.15, -0.1) is 22.9 Å². The highest BCUT2D eigenvalue weighted by atomic mass is 79.9. The maximum absolute atomic E-state index is 12.8. The summed E-state index contributed by atoms with van der Waals surface area (Å²) in [6, 6.07) is 8.73. The van der Waals surface area contributed by atoms with Crippen molar-refractivity contribution >= 4 is 38.9 Å². The van der Waals surface area contributed by atoms with Crippen LogP contribution in [0.2, 0.25) is 0 Å². The Kier molecular flexibility index (Phi) is 5.22. The second-order valence-electron chi connectivity index (χ2n) is 4.25. The van der Waals surface area contributed by atoms with Crippen molar-refractivity contribution in [1.82, 2.24) is 0 Å². The number of alkyl halides is 1. The molecule has 0 spiro atoms. The molecule has 2 rings (SSSR count). The predicted molar refractivity (Wildman–Crippen MR) is 80.0 cm³/mol. The van der Waals surface area contributed by atoms with Crippen LogP contribution in [0.5, 0.6) is 0 Å². The van der Waals surface area contributed by atoms with Crippen LogP contribution in [-0.4, -0.2) is 5.88 Å². The van der Waals surface area contributed by atoms with E-state index in [-0.39, 0.29) is 5.82 Å². The SMILES string of the molecule is Fc1ccc(CC(CCl)Cc2sccc2Br)cc1. The molecule has 0 aliphatic rings. The standard InChI is InChI=1S/C14H13BrClFS/c15-13-5-6-18-14(13)8-11(9-16)7-10-1-3-12(17)4-2-10/h1-6,11H,7-9H2. The van der Waals surface area contributed by atoms with Crippen LogP contribution < -0.4 is 0 Å². The van der Waals surface area contributed by atoms with Crippen LogP contribution >= 0.6 is 38.9 Å². The Bertz CT molecular complexity index is 495. The van der Waals surface area contributed by atoms with E-state index in [1.165, 1.54) is 17.0 Å². The van der Waals surface area contributed by atoms with E-state index >= 15 is 0 Å². The molecule has 1 atom stereocenters. The van der Waals surface area contributed by atoms with Crippen molar-refractivity contribution in [2.75, 3.05) is 5.88 Å². The molecule has 0 aliphatic heterocycles. The molecule has 1 aromatic heterocycles. The fraction of sp³-hybridized carbons (Fsp3) is 0.286. The Morgan fingerprint density at radius 3 is 2.44 bits per heavy atom. The first-order valence-electron chi connectivity index (χ1n) is 5.71. The van der Waals surface area contributed by atoms with Crippen LogP contribution in [0.1, 0.15) is 10.4 Å². The van der Waals surface area contributed by atoms with Gasteiger partial charge in [0.05, 0.1) is 0 Å². The minimum Gasteiger partial charge on any atom is -0.207 e. The Morgan fingerprint density at radius 2 is 1.89 bits per heavy atom. The van der Waals surface area contributed by atoms with Crippen LogP contribution in [0.4, 0.5) is 4.39 Å². The molecule has 0 radical (unpaired) electrons. The third-order valence-electron chi connectivity index (χ3n) is 2.82. The molecule has 0 bridgehead atoms. The smallest absolute Gasteiger partial charge is 0.123 e. The maximum atomic E-state index is 12.8. The van der Waals surface area contributed by atoms with E-state index in [1.807, 2.05) is 12.1 Å². The second-order valence-corrected chi connectivity index (χ2v) is 6.41. The monoisotopic (exact) mass is 346 g/mol. The largest absolute Gasteiger partial charge is 0.207 e. The summed E-state index contributed by atoms with van der Waals surface area (Å²) in [5, 5.41) is 2.07. The molecule has 1 heterocycles. The molecule has 0 nitrogen and oxygen atoms in total. The summed E-state index contributed by atoms with van der Waals surface area (Å²) in [7, 11) is 0. The first-order chi connectivity index (χ1) is 8.69. The number of thiophene rings is 1. The van der Waals surface area contributed by atoms with Gasteiger partial charge in [-0.2, -0.15) is 0 Å². The van der Waals surface area contributed by atoms with Gasteiger partial charge in [-0.3, -0.25) is 0 Å². The molecular weight excluding hydrogens is 335 g/mol. The van der Waals surface area contributed by atoms with Crippen molar-refractivity contribution in [3.05, 3.63) is 56.4 Å². The molecule has 4 heteroatoms. The van der Waals surface area contributed by atoms with Gasteiger partial charge < -0.3 is 0 Å². The molecule has 0 aliphatic carbocycles. The number of rotatable bonds is 5. The van der Waals surface area contributed by atoms with E-state index in [2.05, 4.69) is 27.4 Å². The highest BCUT2D eigenvalue weighted by Crippen LogP contribution is 2.27. The van der Waals surface area contributed by atoms with Gasteiger partial charge in [0.1, 0.15) is 5.82 Å². The minimum atomic E-state index is -0.192. The highest BCUT2D eigenvalue weighted by Gasteiger charge is 2.12. The number of benzene rings is 1. The summed E-state index contributed by atoms with van der Waals surface area (Å²) in [6.07, 6.45) is 1.84. The van der Waals surface area contributed by atoms with Gasteiger partial charge in [0, 0.05) is 15.2 Å². The normalized spacial score (nSPS) is 12.6. The highest BCUT2D eigenvalue weighted by molar-refractivity contribution is 9.10. The van der Waals surface area contributed by atoms with E-state index in [9.17, 15) is 4.39 Å². The van der Waals surface area contributed by atoms with Gasteiger partial charge in [0.2, 0.25) is 0 Å². The third-order valence-corrected chi connectivity index (χ3v) is 5.21. The van der Waals surface area contributed by atoms with Gasteiger partial charge in [-0.1, -0.05) is 12.1 Å². The lowest BCUT2D eigenvalue weighted by Gasteiger charge is -2.13. The minimum absolute atomic E-state index is 0.192. The van der Waals surface area contributed by atoms with Crippen molar-refractivity contribution in [3.8, 4) is 0 Å². The summed E-state index contributed by atoms with van der Waals surface area (Å²) < 4.78 is 14.0. The van der Waals surface area contributed by atoms with E-state index in [0.717, 1.165) is 22.9 Å². The average Bonchev–Trinajstić information content (AvgIpc) is 2.77. The summed E-state index contributed by atoms with van der Waals surface area (Å²) in [5.74, 6) is 0.802. The fourth-order valence-corrected chi connectivity index (χ4v) is 3.72. The van der Waals surface area contributed by atoms with Gasteiger partial charge in [0.25, 0.3) is 0 Å². The third kappa shape index (κ3) is 3.81. The predicted octanol–water partition coefficient (Wildman–Crippen LogP) is 5.29. The Hall–Kier alpha value is -0.380. The van der Waals surface area contributed by atoms with E-state index in [1.54, 1.807) is 11.3 Å². The lowest BCUT2D eigenvalue weighted by atomic mass is 9.97. The van der Waals surface area contributed by atoms with Crippen LogP contribution in [0.15, 0.2) is 40.2 Å². The van der Waals surface area contributed by atoms with Crippen LogP contribution in [0, 0.1) is 11.7 Å². The van der Waals surface area contributed by atoms with Gasteiger partial charge >= 0.3 is 0 Å². The number of hydrogen-bond donors (Lipinski definition) is 0. The van der Waals surface area contributed by atoms with Gasteiger partial charge in [-0.05, 0) is 63.8 Å². The molecule has 1 aromatic carbocycles. The van der Waals surface area contributed by atoms with Gasteiger partial charge in [0.15, 0.2) is 0 Å². The van der Waals surface area contributed by atoms with Crippen molar-refractivity contribution in [1.29, 1.82) is 0 Å². The summed E-state index contributed by atoms with van der Waals surface area (Å²) in [4.78, 5) is 1.32. The molecule has 18 heavy (non-hydrogen) atoms. The topological polar surface area (TPSA) is 0 Å². The quantitative estimate of drug-likeness (QED) is 0.645.